The number of unbranched alkanes of at least 4 members (excludes halogenated alkanes) is 1. The van der Waals surface area contributed by atoms with E-state index in [0.717, 1.165) is 0 Å². The molecule has 0 aromatic heterocycles. The molecular weight excluding hydrogens is 420 g/mol. The third-order valence-corrected chi connectivity index (χ3v) is 5.15. The van der Waals surface area contributed by atoms with Gasteiger partial charge in [0, 0.05) is 6.42 Å². The number of nitrogens with one attached hydrogen (secondary N) is 3. The lowest BCUT2D eigenvalue weighted by Gasteiger charge is -2.25. The van der Waals surface area contributed by atoms with Gasteiger partial charge in [-0.2, -0.15) is 0 Å². The maximum absolute atomic E-state index is 12.7. The molecule has 0 aromatic carbocycles. The van der Waals surface area contributed by atoms with Gasteiger partial charge in [-0.05, 0) is 45.1 Å². The number of hydrogen-bond acceptors (Lipinski definition) is 7. The Labute approximate surface area is 188 Å². The molecule has 0 saturated carbocycles. The fraction of sp³-hybridized carbons (Fsp3) is 0.750. The Morgan fingerprint density at radius 1 is 0.906 bits per heavy atom. The fourth-order valence-electron chi connectivity index (χ4n) is 2.81. The second-order valence-electron chi connectivity index (χ2n) is 7.90. The van der Waals surface area contributed by atoms with Crippen LogP contribution in [0.4, 0.5) is 0 Å². The highest BCUT2D eigenvalue weighted by Crippen LogP contribution is 2.08. The Kier molecular flexibility index (Phi) is 13.8. The van der Waals surface area contributed by atoms with Gasteiger partial charge in [-0.25, -0.2) is 4.79 Å². The SMILES string of the molecule is CCC(C)C(NC(=O)C(C)NC(=O)C(CCCCN)NC(=O)C(N)CCC(N)=O)C(=O)O. The van der Waals surface area contributed by atoms with E-state index in [1.807, 2.05) is 0 Å². The van der Waals surface area contributed by atoms with Gasteiger partial charge in [-0.3, -0.25) is 19.2 Å². The van der Waals surface area contributed by atoms with Gasteiger partial charge in [0.1, 0.15) is 18.1 Å². The molecule has 12 nitrogen and oxygen atoms in total. The molecular formula is C20H38N6O6. The molecule has 0 spiro atoms. The Bertz CT molecular complexity index is 658. The van der Waals surface area contributed by atoms with E-state index in [1.54, 1.807) is 13.8 Å². The van der Waals surface area contributed by atoms with Gasteiger partial charge in [0.15, 0.2) is 0 Å². The van der Waals surface area contributed by atoms with Crippen molar-refractivity contribution in [2.45, 2.75) is 83.5 Å². The fourth-order valence-corrected chi connectivity index (χ4v) is 2.81. The number of carbonyl (C=O) groups is 5. The van der Waals surface area contributed by atoms with Crippen molar-refractivity contribution in [3.63, 3.8) is 0 Å². The van der Waals surface area contributed by atoms with E-state index in [-0.39, 0.29) is 25.2 Å². The second kappa shape index (κ2) is 15.1. The van der Waals surface area contributed by atoms with Crippen molar-refractivity contribution in [2.75, 3.05) is 6.54 Å². The molecule has 5 atom stereocenters. The van der Waals surface area contributed by atoms with E-state index >= 15 is 0 Å². The number of primary amides is 1. The molecule has 0 aliphatic rings. The highest BCUT2D eigenvalue weighted by Gasteiger charge is 2.30. The quantitative estimate of drug-likeness (QED) is 0.132. The largest absolute Gasteiger partial charge is 0.480 e. The minimum Gasteiger partial charge on any atom is -0.480 e. The first-order valence-corrected chi connectivity index (χ1v) is 10.8. The smallest absolute Gasteiger partial charge is 0.326 e. The molecule has 184 valence electrons. The Balaban J connectivity index is 5.10. The van der Waals surface area contributed by atoms with Crippen molar-refractivity contribution in [3.8, 4) is 0 Å². The zero-order chi connectivity index (χ0) is 24.8. The summed E-state index contributed by atoms with van der Waals surface area (Å²) in [6.45, 7) is 5.33. The van der Waals surface area contributed by atoms with Crippen LogP contribution in [-0.4, -0.2) is 65.4 Å². The van der Waals surface area contributed by atoms with E-state index < -0.39 is 53.8 Å². The van der Waals surface area contributed by atoms with Gasteiger partial charge in [-0.15, -0.1) is 0 Å². The summed E-state index contributed by atoms with van der Waals surface area (Å²) >= 11 is 0. The van der Waals surface area contributed by atoms with Crippen molar-refractivity contribution in [1.82, 2.24) is 16.0 Å². The van der Waals surface area contributed by atoms with E-state index in [4.69, 9.17) is 17.2 Å². The first kappa shape index (κ1) is 29.3. The highest BCUT2D eigenvalue weighted by molar-refractivity contribution is 5.94. The maximum atomic E-state index is 12.7. The molecule has 4 amide bonds. The van der Waals surface area contributed by atoms with Crippen LogP contribution in [0.3, 0.4) is 0 Å². The Morgan fingerprint density at radius 2 is 1.53 bits per heavy atom. The predicted molar refractivity (Wildman–Crippen MR) is 118 cm³/mol. The number of nitrogens with two attached hydrogens (primary N) is 3. The predicted octanol–water partition coefficient (Wildman–Crippen LogP) is -1.69. The summed E-state index contributed by atoms with van der Waals surface area (Å²) in [5.74, 6) is -3.96. The lowest BCUT2D eigenvalue weighted by atomic mass is 9.99. The van der Waals surface area contributed by atoms with Crippen LogP contribution < -0.4 is 33.2 Å². The molecule has 32 heavy (non-hydrogen) atoms. The molecule has 5 unspecified atom stereocenters. The number of aliphatic carboxylic acids is 1. The van der Waals surface area contributed by atoms with Crippen molar-refractivity contribution >= 4 is 29.6 Å². The summed E-state index contributed by atoms with van der Waals surface area (Å²) < 4.78 is 0. The average molecular weight is 459 g/mol. The van der Waals surface area contributed by atoms with Crippen LogP contribution in [0.15, 0.2) is 0 Å². The zero-order valence-electron chi connectivity index (χ0n) is 19.1. The molecule has 0 bridgehead atoms. The van der Waals surface area contributed by atoms with Gasteiger partial charge in [0.25, 0.3) is 0 Å². The van der Waals surface area contributed by atoms with E-state index in [9.17, 15) is 29.1 Å². The van der Waals surface area contributed by atoms with Crippen LogP contribution in [0.2, 0.25) is 0 Å². The first-order valence-electron chi connectivity index (χ1n) is 10.8. The topological polar surface area (TPSA) is 220 Å². The first-order chi connectivity index (χ1) is 14.9. The number of carboxylic acid groups (broad SMARTS) is 1. The van der Waals surface area contributed by atoms with Gasteiger partial charge in [-0.1, -0.05) is 20.3 Å². The standard InChI is InChI=1S/C20H38N6O6/c1-4-11(2)16(20(31)32)26-17(28)12(3)24-19(30)14(7-5-6-10-21)25-18(29)13(22)8-9-15(23)27/h11-14,16H,4-10,21-22H2,1-3H3,(H2,23,27)(H,24,30)(H,25,29)(H,26,28)(H,31,32). The molecule has 10 N–H and O–H groups in total. The van der Waals surface area contributed by atoms with Crippen LogP contribution >= 0.6 is 0 Å². The number of rotatable bonds is 16. The average Bonchev–Trinajstić information content (AvgIpc) is 2.73. The summed E-state index contributed by atoms with van der Waals surface area (Å²) in [4.78, 5) is 59.7. The molecule has 0 heterocycles. The van der Waals surface area contributed by atoms with Gasteiger partial charge >= 0.3 is 5.97 Å². The van der Waals surface area contributed by atoms with Crippen molar-refractivity contribution in [2.24, 2.45) is 23.1 Å². The molecule has 0 rings (SSSR count). The van der Waals surface area contributed by atoms with E-state index in [2.05, 4.69) is 16.0 Å². The summed E-state index contributed by atoms with van der Waals surface area (Å²) in [6, 6.07) is -4.13. The van der Waals surface area contributed by atoms with Crippen LogP contribution in [0.5, 0.6) is 0 Å². The lowest BCUT2D eigenvalue weighted by molar-refractivity contribution is -0.143. The van der Waals surface area contributed by atoms with Crippen LogP contribution in [0, 0.1) is 5.92 Å². The Hall–Kier alpha value is -2.73. The summed E-state index contributed by atoms with van der Waals surface area (Å²) in [5.41, 5.74) is 16.3. The third kappa shape index (κ3) is 11.0. The zero-order valence-corrected chi connectivity index (χ0v) is 19.1. The van der Waals surface area contributed by atoms with Gasteiger partial charge < -0.3 is 38.3 Å². The normalized spacial score (nSPS) is 15.5. The van der Waals surface area contributed by atoms with Crippen molar-refractivity contribution in [3.05, 3.63) is 0 Å². The maximum Gasteiger partial charge on any atom is 0.326 e. The van der Waals surface area contributed by atoms with Crippen LogP contribution in [-0.2, 0) is 24.0 Å². The monoisotopic (exact) mass is 458 g/mol. The summed E-state index contributed by atoms with van der Waals surface area (Å²) in [5, 5.41) is 16.8. The molecule has 0 aromatic rings. The molecule has 0 fully saturated rings. The third-order valence-electron chi connectivity index (χ3n) is 5.15. The molecule has 0 aliphatic carbocycles. The van der Waals surface area contributed by atoms with Gasteiger partial charge in [0.2, 0.25) is 23.6 Å². The lowest BCUT2D eigenvalue weighted by Crippen LogP contribution is -2.57. The molecule has 0 saturated heterocycles. The van der Waals surface area contributed by atoms with E-state index in [1.165, 1.54) is 6.92 Å². The van der Waals surface area contributed by atoms with Crippen molar-refractivity contribution < 1.29 is 29.1 Å². The summed E-state index contributed by atoms with van der Waals surface area (Å²) in [6.07, 6.45) is 1.93. The Morgan fingerprint density at radius 3 is 2.03 bits per heavy atom. The minimum absolute atomic E-state index is 0.0311. The molecule has 12 heteroatoms. The van der Waals surface area contributed by atoms with Crippen LogP contribution in [0.1, 0.15) is 59.3 Å². The summed E-state index contributed by atoms with van der Waals surface area (Å²) in [7, 11) is 0. The van der Waals surface area contributed by atoms with E-state index in [0.29, 0.717) is 25.8 Å². The number of amides is 4. The minimum atomic E-state index is -1.16. The van der Waals surface area contributed by atoms with Crippen LogP contribution in [0.25, 0.3) is 0 Å². The van der Waals surface area contributed by atoms with Gasteiger partial charge in [0.05, 0.1) is 6.04 Å². The molecule has 0 radical (unpaired) electrons. The highest BCUT2D eigenvalue weighted by atomic mass is 16.4. The second-order valence-corrected chi connectivity index (χ2v) is 7.90. The van der Waals surface area contributed by atoms with Crippen molar-refractivity contribution in [1.29, 1.82) is 0 Å². The number of hydrogen-bond donors (Lipinski definition) is 7. The number of carboxylic acids is 1. The molecule has 0 aliphatic heterocycles. The number of carbonyl (C=O) groups excluding carboxylic acids is 4.